The van der Waals surface area contributed by atoms with Gasteiger partial charge in [-0.15, -0.1) is 5.10 Å². The van der Waals surface area contributed by atoms with Gasteiger partial charge in [0.1, 0.15) is 23.3 Å². The number of nitrogens with zero attached hydrogens (tertiary/aromatic N) is 6. The predicted octanol–water partition coefficient (Wildman–Crippen LogP) is 6.75. The van der Waals surface area contributed by atoms with E-state index in [1.54, 1.807) is 19.1 Å². The van der Waals surface area contributed by atoms with E-state index in [9.17, 15) is 18.4 Å². The van der Waals surface area contributed by atoms with Crippen molar-refractivity contribution >= 4 is 33.9 Å². The molecular weight excluding hydrogens is 560 g/mol. The Kier molecular flexibility index (Phi) is 7.27. The van der Waals surface area contributed by atoms with Crippen LogP contribution >= 0.6 is 11.6 Å². The van der Waals surface area contributed by atoms with Crippen molar-refractivity contribution in [3.8, 4) is 6.07 Å². The number of rotatable bonds is 8. The van der Waals surface area contributed by atoms with E-state index in [1.807, 2.05) is 20.8 Å². The van der Waals surface area contributed by atoms with Crippen molar-refractivity contribution in [2.75, 3.05) is 17.2 Å². The van der Waals surface area contributed by atoms with E-state index in [-0.39, 0.29) is 34.7 Å². The molecule has 214 valence electrons. The highest BCUT2D eigenvalue weighted by atomic mass is 35.5. The Morgan fingerprint density at radius 3 is 2.54 bits per heavy atom. The van der Waals surface area contributed by atoms with E-state index < -0.39 is 29.9 Å². The molecule has 41 heavy (non-hydrogen) atoms. The fourth-order valence-electron chi connectivity index (χ4n) is 4.67. The van der Waals surface area contributed by atoms with Crippen molar-refractivity contribution in [3.63, 3.8) is 0 Å². The SMILES string of the molecule is Cc1nc(F)ccc1C(Nc1cc(Cl)c2ncc(C#N)c(NCC(C)(C)C)c2c1)c1nnn(C2(C(F)F)CC2)c1F. The van der Waals surface area contributed by atoms with Crippen molar-refractivity contribution in [2.24, 2.45) is 5.41 Å². The molecule has 0 bridgehead atoms. The molecule has 0 saturated heterocycles. The van der Waals surface area contributed by atoms with Gasteiger partial charge in [0.15, 0.2) is 0 Å². The summed E-state index contributed by atoms with van der Waals surface area (Å²) in [5, 5.41) is 24.7. The minimum atomic E-state index is -2.83. The van der Waals surface area contributed by atoms with Crippen LogP contribution in [0.5, 0.6) is 0 Å². The number of halogens is 5. The van der Waals surface area contributed by atoms with Gasteiger partial charge in [0.25, 0.3) is 6.43 Å². The molecule has 0 amide bonds. The Morgan fingerprint density at radius 1 is 1.20 bits per heavy atom. The first-order valence-corrected chi connectivity index (χ1v) is 13.3. The third-order valence-corrected chi connectivity index (χ3v) is 7.35. The van der Waals surface area contributed by atoms with E-state index in [1.165, 1.54) is 12.3 Å². The molecular formula is C28H27ClF4N8. The second-order valence-electron chi connectivity index (χ2n) is 11.4. The first kappa shape index (κ1) is 28.5. The number of fused-ring (bicyclic) bond motifs is 1. The molecule has 1 atom stereocenters. The standard InChI is InChI=1S/C28H27ClF4N8/c1-14-17(5-6-20(30)37-14)23(24-25(31)41(40-39-24)28(7-8-28)26(32)33)38-16-9-18-21(36-13-27(2,3)4)15(11-34)12-35-22(18)19(29)10-16/h5-6,9-10,12,23,26,38H,7-8,13H2,1-4H3,(H,35,36). The van der Waals surface area contributed by atoms with E-state index in [4.69, 9.17) is 11.6 Å². The topological polar surface area (TPSA) is 104 Å². The van der Waals surface area contributed by atoms with Gasteiger partial charge in [-0.3, -0.25) is 4.98 Å². The number of nitrogens with one attached hydrogen (secondary N) is 2. The third kappa shape index (κ3) is 5.38. The number of pyridine rings is 2. The van der Waals surface area contributed by atoms with Crippen LogP contribution in [0, 0.1) is 35.6 Å². The van der Waals surface area contributed by atoms with Crippen LogP contribution in [0.15, 0.2) is 30.5 Å². The summed E-state index contributed by atoms with van der Waals surface area (Å²) in [5.74, 6) is -1.76. The highest BCUT2D eigenvalue weighted by Crippen LogP contribution is 2.49. The maximum absolute atomic E-state index is 15.8. The number of alkyl halides is 2. The lowest BCUT2D eigenvalue weighted by molar-refractivity contribution is 0.0524. The molecule has 0 radical (unpaired) electrons. The van der Waals surface area contributed by atoms with Crippen LogP contribution < -0.4 is 10.6 Å². The number of anilines is 2. The lowest BCUT2D eigenvalue weighted by atomic mass is 9.96. The summed E-state index contributed by atoms with van der Waals surface area (Å²) in [4.78, 5) is 8.21. The molecule has 2 N–H and O–H groups in total. The van der Waals surface area contributed by atoms with Crippen LogP contribution in [-0.2, 0) is 5.54 Å². The quantitative estimate of drug-likeness (QED) is 0.174. The molecule has 1 aliphatic carbocycles. The number of aromatic nitrogens is 5. The van der Waals surface area contributed by atoms with E-state index >= 15 is 4.39 Å². The molecule has 5 rings (SSSR count). The van der Waals surface area contributed by atoms with Crippen LogP contribution in [0.1, 0.15) is 62.2 Å². The second kappa shape index (κ2) is 10.4. The Morgan fingerprint density at radius 2 is 1.93 bits per heavy atom. The molecule has 8 nitrogen and oxygen atoms in total. The van der Waals surface area contributed by atoms with Gasteiger partial charge in [0.2, 0.25) is 11.9 Å². The van der Waals surface area contributed by atoms with Crippen molar-refractivity contribution in [1.82, 2.24) is 25.0 Å². The highest BCUT2D eigenvalue weighted by Gasteiger charge is 2.56. The Balaban J connectivity index is 1.64. The lowest BCUT2D eigenvalue weighted by Gasteiger charge is -2.23. The molecule has 0 aliphatic heterocycles. The molecule has 1 aliphatic rings. The van der Waals surface area contributed by atoms with Crippen molar-refractivity contribution in [3.05, 3.63) is 69.9 Å². The summed E-state index contributed by atoms with van der Waals surface area (Å²) in [6.07, 6.45) is -1.25. The summed E-state index contributed by atoms with van der Waals surface area (Å²) in [6.45, 7) is 8.21. The number of benzene rings is 1. The van der Waals surface area contributed by atoms with Crippen LogP contribution in [-0.4, -0.2) is 37.9 Å². The molecule has 3 aromatic heterocycles. The van der Waals surface area contributed by atoms with Gasteiger partial charge in [-0.1, -0.05) is 43.7 Å². The summed E-state index contributed by atoms with van der Waals surface area (Å²) >= 11 is 6.62. The van der Waals surface area contributed by atoms with E-state index in [2.05, 4.69) is 37.0 Å². The van der Waals surface area contributed by atoms with Crippen LogP contribution in [0.3, 0.4) is 0 Å². The zero-order valence-electron chi connectivity index (χ0n) is 22.7. The molecule has 1 aromatic carbocycles. The van der Waals surface area contributed by atoms with Gasteiger partial charge in [0.05, 0.1) is 21.8 Å². The highest BCUT2D eigenvalue weighted by molar-refractivity contribution is 6.35. The maximum Gasteiger partial charge on any atom is 0.263 e. The fraction of sp³-hybridized carbons (Fsp3) is 0.393. The molecule has 13 heteroatoms. The monoisotopic (exact) mass is 586 g/mol. The average Bonchev–Trinajstić information content (AvgIpc) is 3.62. The van der Waals surface area contributed by atoms with Gasteiger partial charge in [-0.05, 0) is 43.4 Å². The van der Waals surface area contributed by atoms with Crippen molar-refractivity contribution in [1.29, 1.82) is 5.26 Å². The number of hydrogen-bond donors (Lipinski definition) is 2. The minimum absolute atomic E-state index is 0.0679. The number of aryl methyl sites for hydroxylation is 1. The molecule has 1 unspecified atom stereocenters. The predicted molar refractivity (Wildman–Crippen MR) is 147 cm³/mol. The van der Waals surface area contributed by atoms with Crippen molar-refractivity contribution < 1.29 is 17.6 Å². The summed E-state index contributed by atoms with van der Waals surface area (Å²) in [7, 11) is 0. The normalized spacial score (nSPS) is 15.1. The van der Waals surface area contributed by atoms with E-state index in [0.29, 0.717) is 44.6 Å². The first-order chi connectivity index (χ1) is 19.3. The molecule has 3 heterocycles. The molecule has 1 fully saturated rings. The van der Waals surface area contributed by atoms with Gasteiger partial charge in [-0.2, -0.15) is 14.0 Å². The number of nitriles is 1. The zero-order chi connectivity index (χ0) is 29.7. The van der Waals surface area contributed by atoms with Gasteiger partial charge >= 0.3 is 0 Å². The summed E-state index contributed by atoms with van der Waals surface area (Å²) in [5.41, 5.74) is 0.129. The minimum Gasteiger partial charge on any atom is -0.383 e. The maximum atomic E-state index is 15.8. The molecule has 1 saturated carbocycles. The first-order valence-electron chi connectivity index (χ1n) is 12.9. The van der Waals surface area contributed by atoms with Crippen LogP contribution in [0.4, 0.5) is 28.9 Å². The van der Waals surface area contributed by atoms with Crippen LogP contribution in [0.2, 0.25) is 5.02 Å². The van der Waals surface area contributed by atoms with Gasteiger partial charge in [-0.25, -0.2) is 18.4 Å². The third-order valence-electron chi connectivity index (χ3n) is 7.06. The fourth-order valence-corrected chi connectivity index (χ4v) is 4.94. The summed E-state index contributed by atoms with van der Waals surface area (Å²) in [6, 6.07) is 6.85. The van der Waals surface area contributed by atoms with Crippen molar-refractivity contribution in [2.45, 2.75) is 58.5 Å². The Labute approximate surface area is 238 Å². The Hall–Kier alpha value is -3.98. The summed E-state index contributed by atoms with van der Waals surface area (Å²) < 4.78 is 57.9. The smallest absolute Gasteiger partial charge is 0.263 e. The lowest BCUT2D eigenvalue weighted by Crippen LogP contribution is -2.29. The number of hydrogen-bond acceptors (Lipinski definition) is 7. The Bertz CT molecular complexity index is 1670. The molecule has 4 aromatic rings. The van der Waals surface area contributed by atoms with Crippen LogP contribution in [0.25, 0.3) is 10.9 Å². The second-order valence-corrected chi connectivity index (χ2v) is 11.8. The zero-order valence-corrected chi connectivity index (χ0v) is 23.5. The largest absolute Gasteiger partial charge is 0.383 e. The average molecular weight is 587 g/mol. The van der Waals surface area contributed by atoms with Gasteiger partial charge < -0.3 is 10.6 Å². The van der Waals surface area contributed by atoms with E-state index in [0.717, 1.165) is 6.07 Å². The van der Waals surface area contributed by atoms with Gasteiger partial charge in [0, 0.05) is 35.1 Å². The molecule has 0 spiro atoms.